The highest BCUT2D eigenvalue weighted by Crippen LogP contribution is 2.40. The molecule has 1 N–H and O–H groups in total. The Hall–Kier alpha value is -1.43. The van der Waals surface area contributed by atoms with Gasteiger partial charge in [0.15, 0.2) is 0 Å². The van der Waals surface area contributed by atoms with E-state index in [1.165, 1.54) is 5.71 Å². The zero-order valence-corrected chi connectivity index (χ0v) is 14.7. The highest BCUT2D eigenvalue weighted by atomic mass is 35.5. The smallest absolute Gasteiger partial charge is 0.271 e. The van der Waals surface area contributed by atoms with E-state index >= 15 is 0 Å². The zero-order valence-electron chi connectivity index (χ0n) is 14.0. The Labute approximate surface area is 147 Å². The lowest BCUT2D eigenvalue weighted by atomic mass is 9.69. The maximum Gasteiger partial charge on any atom is 0.271 e. The number of amides is 1. The number of carbonyl (C=O) groups is 1. The molecule has 0 spiro atoms. The molecule has 0 aliphatic carbocycles. The number of nitrogens with zero attached hydrogens (tertiary/aromatic N) is 3. The quantitative estimate of drug-likeness (QED) is 0.852. The average Bonchev–Trinajstić information content (AvgIpc) is 2.82. The van der Waals surface area contributed by atoms with Crippen LogP contribution in [0.1, 0.15) is 23.7 Å². The number of hydrogen-bond donors (Lipinski definition) is 1. The van der Waals surface area contributed by atoms with Gasteiger partial charge in [0.1, 0.15) is 0 Å². The minimum atomic E-state index is -0.169. The zero-order chi connectivity index (χ0) is 16.7. The van der Waals surface area contributed by atoms with Gasteiger partial charge >= 0.3 is 0 Å². The van der Waals surface area contributed by atoms with Gasteiger partial charge < -0.3 is 9.80 Å². The van der Waals surface area contributed by atoms with E-state index in [2.05, 4.69) is 27.3 Å². The lowest BCUT2D eigenvalue weighted by Crippen LogP contribution is -2.61. The van der Waals surface area contributed by atoms with Crippen LogP contribution in [0.3, 0.4) is 0 Å². The third-order valence-electron chi connectivity index (χ3n) is 5.73. The Morgan fingerprint density at radius 2 is 1.88 bits per heavy atom. The van der Waals surface area contributed by atoms with Gasteiger partial charge in [0.25, 0.3) is 5.91 Å². The van der Waals surface area contributed by atoms with Crippen LogP contribution in [0.15, 0.2) is 29.4 Å². The van der Waals surface area contributed by atoms with Crippen LogP contribution in [0.25, 0.3) is 0 Å². The number of rotatable bonds is 3. The largest absolute Gasteiger partial charge is 0.300 e. The van der Waals surface area contributed by atoms with E-state index in [9.17, 15) is 4.79 Å². The molecule has 1 aromatic carbocycles. The number of hydrazone groups is 1. The van der Waals surface area contributed by atoms with Crippen molar-refractivity contribution in [1.82, 2.24) is 15.2 Å². The number of nitrogens with one attached hydrogen (secondary N) is 1. The van der Waals surface area contributed by atoms with Gasteiger partial charge in [0.05, 0.1) is 5.71 Å². The van der Waals surface area contributed by atoms with E-state index in [4.69, 9.17) is 11.6 Å². The maximum absolute atomic E-state index is 12.4. The molecule has 1 amide bonds. The Balaban J connectivity index is 1.57. The Morgan fingerprint density at radius 1 is 1.25 bits per heavy atom. The van der Waals surface area contributed by atoms with Gasteiger partial charge in [-0.2, -0.15) is 5.10 Å². The van der Waals surface area contributed by atoms with Crippen LogP contribution < -0.4 is 5.43 Å². The first-order chi connectivity index (χ1) is 11.6. The van der Waals surface area contributed by atoms with Crippen LogP contribution in [0.4, 0.5) is 0 Å². The summed E-state index contributed by atoms with van der Waals surface area (Å²) in [7, 11) is 0. The molecule has 4 fully saturated rings. The molecule has 4 aliphatic rings. The molecule has 4 heterocycles. The molecule has 2 unspecified atom stereocenters. The van der Waals surface area contributed by atoms with Crippen molar-refractivity contribution in [3.63, 3.8) is 0 Å². The van der Waals surface area contributed by atoms with E-state index in [0.29, 0.717) is 16.5 Å². The maximum atomic E-state index is 12.4. The fraction of sp³-hybridized carbons (Fsp3) is 0.556. The van der Waals surface area contributed by atoms with Crippen LogP contribution in [-0.4, -0.2) is 60.7 Å². The topological polar surface area (TPSA) is 47.9 Å². The Bertz CT molecular complexity index is 656. The highest BCUT2D eigenvalue weighted by molar-refractivity contribution is 6.30. The summed E-state index contributed by atoms with van der Waals surface area (Å²) in [4.78, 5) is 17.5. The molecule has 0 saturated carbocycles. The van der Waals surface area contributed by atoms with Crippen molar-refractivity contribution in [1.29, 1.82) is 0 Å². The van der Waals surface area contributed by atoms with Gasteiger partial charge in [0.2, 0.25) is 0 Å². The lowest BCUT2D eigenvalue weighted by Gasteiger charge is -2.50. The Kier molecular flexibility index (Phi) is 4.11. The molecule has 24 heavy (non-hydrogen) atoms. The van der Waals surface area contributed by atoms with Gasteiger partial charge in [0, 0.05) is 61.2 Å². The monoisotopic (exact) mass is 346 g/mol. The summed E-state index contributed by atoms with van der Waals surface area (Å²) in [6, 6.07) is 6.91. The number of piperidine rings is 2. The molecule has 4 saturated heterocycles. The average molecular weight is 347 g/mol. The summed E-state index contributed by atoms with van der Waals surface area (Å²) in [5.74, 6) is 0.262. The summed E-state index contributed by atoms with van der Waals surface area (Å²) >= 11 is 5.88. The molecule has 6 heteroatoms. The van der Waals surface area contributed by atoms with Gasteiger partial charge in [-0.3, -0.25) is 4.79 Å². The number of benzene rings is 1. The molecule has 4 bridgehead atoms. The minimum Gasteiger partial charge on any atom is -0.300 e. The van der Waals surface area contributed by atoms with Crippen molar-refractivity contribution in [2.45, 2.75) is 13.3 Å². The van der Waals surface area contributed by atoms with Gasteiger partial charge in [-0.1, -0.05) is 18.5 Å². The summed E-state index contributed by atoms with van der Waals surface area (Å²) in [5, 5.41) is 5.26. The van der Waals surface area contributed by atoms with Crippen molar-refractivity contribution in [2.24, 2.45) is 16.4 Å². The van der Waals surface area contributed by atoms with Gasteiger partial charge in [-0.15, -0.1) is 0 Å². The molecule has 0 aromatic heterocycles. The lowest BCUT2D eigenvalue weighted by molar-refractivity contribution is 0.0943. The first kappa shape index (κ1) is 16.1. The fourth-order valence-electron chi connectivity index (χ4n) is 4.50. The molecule has 5 rings (SSSR count). The van der Waals surface area contributed by atoms with Crippen molar-refractivity contribution in [3.8, 4) is 0 Å². The molecular formula is C18H23ClN4O. The van der Waals surface area contributed by atoms with Crippen molar-refractivity contribution in [3.05, 3.63) is 34.9 Å². The van der Waals surface area contributed by atoms with E-state index in [1.807, 2.05) is 0 Å². The number of halogens is 1. The summed E-state index contributed by atoms with van der Waals surface area (Å²) in [6.45, 7) is 8.80. The summed E-state index contributed by atoms with van der Waals surface area (Å²) in [6.07, 6.45) is 1.06. The predicted molar refractivity (Wildman–Crippen MR) is 95.4 cm³/mol. The highest BCUT2D eigenvalue weighted by Gasteiger charge is 2.51. The van der Waals surface area contributed by atoms with E-state index in [1.54, 1.807) is 24.3 Å². The second-order valence-electron chi connectivity index (χ2n) is 7.25. The third kappa shape index (κ3) is 2.75. The van der Waals surface area contributed by atoms with Crippen LogP contribution >= 0.6 is 11.6 Å². The molecule has 2 atom stereocenters. The molecule has 5 nitrogen and oxygen atoms in total. The van der Waals surface area contributed by atoms with Gasteiger partial charge in [-0.25, -0.2) is 5.43 Å². The second kappa shape index (κ2) is 6.14. The Morgan fingerprint density at radius 3 is 2.46 bits per heavy atom. The molecule has 0 radical (unpaired) electrons. The van der Waals surface area contributed by atoms with E-state index in [0.717, 1.165) is 45.7 Å². The number of carbonyl (C=O) groups excluding carboxylic acids is 1. The summed E-state index contributed by atoms with van der Waals surface area (Å²) in [5.41, 5.74) is 4.67. The van der Waals surface area contributed by atoms with Crippen molar-refractivity contribution in [2.75, 3.05) is 39.3 Å². The van der Waals surface area contributed by atoms with Crippen LogP contribution in [-0.2, 0) is 0 Å². The SMILES string of the molecule is CCC12CN3CCN(CC(C3)/C1=N/NC(=O)c1ccc(Cl)cc1)C2. The van der Waals surface area contributed by atoms with Crippen LogP contribution in [0.2, 0.25) is 5.02 Å². The normalized spacial score (nSPS) is 35.9. The van der Waals surface area contributed by atoms with Crippen molar-refractivity contribution < 1.29 is 4.79 Å². The van der Waals surface area contributed by atoms with Crippen LogP contribution in [0.5, 0.6) is 0 Å². The standard InChI is InChI=1S/C18H23ClN4O/c1-2-18-11-22-7-8-23(12-18)10-14(9-22)16(18)20-21-17(24)13-3-5-15(19)6-4-13/h3-6,14H,2,7-12H2,1H3,(H,21,24)/b20-16-. The molecule has 128 valence electrons. The van der Waals surface area contributed by atoms with Crippen LogP contribution in [0, 0.1) is 11.3 Å². The number of fused-ring (bicyclic) bond motifs is 1. The van der Waals surface area contributed by atoms with E-state index < -0.39 is 0 Å². The first-order valence-corrected chi connectivity index (χ1v) is 9.06. The van der Waals surface area contributed by atoms with E-state index in [-0.39, 0.29) is 11.3 Å². The molecular weight excluding hydrogens is 324 g/mol. The number of hydrogen-bond acceptors (Lipinski definition) is 4. The first-order valence-electron chi connectivity index (χ1n) is 8.68. The fourth-order valence-corrected chi connectivity index (χ4v) is 4.63. The minimum absolute atomic E-state index is 0.0882. The molecule has 1 aromatic rings. The summed E-state index contributed by atoms with van der Waals surface area (Å²) < 4.78 is 0. The third-order valence-corrected chi connectivity index (χ3v) is 5.99. The second-order valence-corrected chi connectivity index (χ2v) is 7.68. The molecule has 4 aliphatic heterocycles. The van der Waals surface area contributed by atoms with Gasteiger partial charge in [-0.05, 0) is 30.7 Å². The predicted octanol–water partition coefficient (Wildman–Crippen LogP) is 2.08. The van der Waals surface area contributed by atoms with Crippen molar-refractivity contribution >= 4 is 23.2 Å².